The van der Waals surface area contributed by atoms with Gasteiger partial charge in [-0.2, -0.15) is 5.10 Å². The fourth-order valence-electron chi connectivity index (χ4n) is 2.71. The molecule has 1 aliphatic heterocycles. The van der Waals surface area contributed by atoms with Crippen molar-refractivity contribution in [2.45, 2.75) is 19.3 Å². The Kier molecular flexibility index (Phi) is 4.22. The third kappa shape index (κ3) is 3.15. The van der Waals surface area contributed by atoms with Crippen LogP contribution < -0.4 is 21.6 Å². The number of nitrogens with two attached hydrogens (primary N) is 1. The molecule has 8 nitrogen and oxygen atoms in total. The molecule has 1 saturated heterocycles. The first-order valence-corrected chi connectivity index (χ1v) is 7.51. The molecule has 2 aromatic heterocycles. The number of piperidine rings is 1. The summed E-state index contributed by atoms with van der Waals surface area (Å²) < 4.78 is 1.46. The van der Waals surface area contributed by atoms with Crippen LogP contribution in [-0.4, -0.2) is 34.7 Å². The summed E-state index contributed by atoms with van der Waals surface area (Å²) in [5, 5.41) is 3.73. The van der Waals surface area contributed by atoms with Crippen molar-refractivity contribution in [3.8, 4) is 0 Å². The molecule has 3 N–H and O–H groups in total. The highest BCUT2D eigenvalue weighted by molar-refractivity contribution is 5.87. The number of urea groups is 1. The summed E-state index contributed by atoms with van der Waals surface area (Å²) in [4.78, 5) is 30.2. The number of carbonyl (C=O) groups is 1. The maximum absolute atomic E-state index is 12.7. The highest BCUT2D eigenvalue weighted by Crippen LogP contribution is 2.19. The first-order valence-electron chi connectivity index (χ1n) is 7.51. The molecule has 3 rings (SSSR count). The maximum atomic E-state index is 12.7. The van der Waals surface area contributed by atoms with E-state index >= 15 is 0 Å². The van der Waals surface area contributed by atoms with Crippen molar-refractivity contribution >= 4 is 23.7 Å². The molecule has 0 saturated carbocycles. The van der Waals surface area contributed by atoms with Crippen molar-refractivity contribution in [1.29, 1.82) is 0 Å². The van der Waals surface area contributed by atoms with Crippen LogP contribution in [0.5, 0.6) is 0 Å². The Morgan fingerprint density at radius 2 is 2.09 bits per heavy atom. The van der Waals surface area contributed by atoms with E-state index in [9.17, 15) is 9.59 Å². The summed E-state index contributed by atoms with van der Waals surface area (Å²) in [5.74, 6) is 0.593. The van der Waals surface area contributed by atoms with Gasteiger partial charge in [-0.3, -0.25) is 9.20 Å². The van der Waals surface area contributed by atoms with E-state index in [1.54, 1.807) is 18.3 Å². The fraction of sp³-hybridized carbons (Fsp3) is 0.333. The lowest BCUT2D eigenvalue weighted by atomic mass is 10.1. The number of nitrogens with one attached hydrogen (secondary N) is 1. The second kappa shape index (κ2) is 6.47. The zero-order valence-corrected chi connectivity index (χ0v) is 12.6. The molecule has 2 amide bonds. The molecular weight excluding hydrogens is 296 g/mol. The SMILES string of the molecule is NC(=O)NN=Cc1c(N2CCCCC2)nc2ccccn2c1=O. The van der Waals surface area contributed by atoms with Gasteiger partial charge in [0.15, 0.2) is 0 Å². The topological polar surface area (TPSA) is 105 Å². The van der Waals surface area contributed by atoms with E-state index in [-0.39, 0.29) is 5.56 Å². The van der Waals surface area contributed by atoms with Crippen molar-refractivity contribution in [3.63, 3.8) is 0 Å². The zero-order valence-electron chi connectivity index (χ0n) is 12.6. The molecule has 23 heavy (non-hydrogen) atoms. The molecule has 120 valence electrons. The van der Waals surface area contributed by atoms with E-state index in [1.165, 1.54) is 17.0 Å². The predicted octanol–water partition coefficient (Wildman–Crippen LogP) is 0.687. The summed E-state index contributed by atoms with van der Waals surface area (Å²) in [6, 6.07) is 4.61. The summed E-state index contributed by atoms with van der Waals surface area (Å²) >= 11 is 0. The number of nitrogens with zero attached hydrogens (tertiary/aromatic N) is 4. The summed E-state index contributed by atoms with van der Waals surface area (Å²) in [7, 11) is 0. The van der Waals surface area contributed by atoms with Crippen LogP contribution in [0.4, 0.5) is 10.6 Å². The van der Waals surface area contributed by atoms with Gasteiger partial charge in [0.25, 0.3) is 5.56 Å². The van der Waals surface area contributed by atoms with Crippen molar-refractivity contribution in [2.75, 3.05) is 18.0 Å². The van der Waals surface area contributed by atoms with E-state index in [1.807, 2.05) is 6.07 Å². The van der Waals surface area contributed by atoms with Gasteiger partial charge in [0.2, 0.25) is 0 Å². The average molecular weight is 314 g/mol. The molecule has 0 unspecified atom stereocenters. The minimum absolute atomic E-state index is 0.230. The molecule has 0 bridgehead atoms. The van der Waals surface area contributed by atoms with Gasteiger partial charge in [0.05, 0.1) is 6.21 Å². The monoisotopic (exact) mass is 314 g/mol. The number of hydrogen-bond donors (Lipinski definition) is 2. The van der Waals surface area contributed by atoms with Crippen molar-refractivity contribution < 1.29 is 4.79 Å². The third-order valence-electron chi connectivity index (χ3n) is 3.77. The fourth-order valence-corrected chi connectivity index (χ4v) is 2.71. The molecular formula is C15H18N6O2. The molecule has 8 heteroatoms. The largest absolute Gasteiger partial charge is 0.356 e. The maximum Gasteiger partial charge on any atom is 0.332 e. The molecule has 0 aliphatic carbocycles. The van der Waals surface area contributed by atoms with Crippen LogP contribution >= 0.6 is 0 Å². The molecule has 3 heterocycles. The summed E-state index contributed by atoms with van der Waals surface area (Å²) in [5.41, 5.74) is 7.79. The lowest BCUT2D eigenvalue weighted by Crippen LogP contribution is -2.34. The summed E-state index contributed by atoms with van der Waals surface area (Å²) in [6.07, 6.45) is 6.26. The predicted molar refractivity (Wildman–Crippen MR) is 87.8 cm³/mol. The number of fused-ring (bicyclic) bond motifs is 1. The van der Waals surface area contributed by atoms with Gasteiger partial charge < -0.3 is 10.6 Å². The molecule has 0 spiro atoms. The third-order valence-corrected chi connectivity index (χ3v) is 3.77. The standard InChI is InChI=1S/C15H18N6O2/c16-15(23)19-17-10-11-13(20-7-3-1-4-8-20)18-12-6-2-5-9-21(12)14(11)22/h2,5-6,9-10H,1,3-4,7-8H2,(H3,16,19,23). The first kappa shape index (κ1) is 15.0. The van der Waals surface area contributed by atoms with Crippen LogP contribution in [0.25, 0.3) is 5.65 Å². The minimum atomic E-state index is -0.783. The van der Waals surface area contributed by atoms with Gasteiger partial charge in [-0.1, -0.05) is 6.07 Å². The number of hydrogen-bond acceptors (Lipinski definition) is 5. The van der Waals surface area contributed by atoms with Crippen molar-refractivity contribution in [1.82, 2.24) is 14.8 Å². The van der Waals surface area contributed by atoms with Crippen LogP contribution in [-0.2, 0) is 0 Å². The zero-order chi connectivity index (χ0) is 16.2. The van der Waals surface area contributed by atoms with Crippen LogP contribution in [0.2, 0.25) is 0 Å². The van der Waals surface area contributed by atoms with Crippen LogP contribution in [0.1, 0.15) is 24.8 Å². The minimum Gasteiger partial charge on any atom is -0.356 e. The number of anilines is 1. The van der Waals surface area contributed by atoms with E-state index in [4.69, 9.17) is 5.73 Å². The van der Waals surface area contributed by atoms with Crippen LogP contribution in [0, 0.1) is 0 Å². The summed E-state index contributed by atoms with van der Waals surface area (Å²) in [6.45, 7) is 1.69. The highest BCUT2D eigenvalue weighted by atomic mass is 16.2. The van der Waals surface area contributed by atoms with Gasteiger partial charge in [-0.05, 0) is 31.4 Å². The molecule has 1 aliphatic rings. The van der Waals surface area contributed by atoms with E-state index < -0.39 is 6.03 Å². The van der Waals surface area contributed by atoms with Gasteiger partial charge in [-0.15, -0.1) is 0 Å². The quantitative estimate of drug-likeness (QED) is 0.642. The van der Waals surface area contributed by atoms with E-state index in [0.717, 1.165) is 25.9 Å². The number of aromatic nitrogens is 2. The van der Waals surface area contributed by atoms with Gasteiger partial charge >= 0.3 is 6.03 Å². The van der Waals surface area contributed by atoms with E-state index in [2.05, 4.69) is 20.4 Å². The second-order valence-corrected chi connectivity index (χ2v) is 5.37. The Labute approximate surface area is 132 Å². The number of pyridine rings is 1. The number of primary amides is 1. The van der Waals surface area contributed by atoms with Crippen molar-refractivity contribution in [2.24, 2.45) is 10.8 Å². The lowest BCUT2D eigenvalue weighted by Gasteiger charge is -2.28. The number of amides is 2. The molecule has 0 aromatic carbocycles. The number of carbonyl (C=O) groups excluding carboxylic acids is 1. The lowest BCUT2D eigenvalue weighted by molar-refractivity contribution is 0.249. The first-order chi connectivity index (χ1) is 11.2. The van der Waals surface area contributed by atoms with Crippen LogP contribution in [0.15, 0.2) is 34.3 Å². The Bertz CT molecular complexity index is 807. The van der Waals surface area contributed by atoms with Crippen LogP contribution in [0.3, 0.4) is 0 Å². The molecule has 0 atom stereocenters. The smallest absolute Gasteiger partial charge is 0.332 e. The second-order valence-electron chi connectivity index (χ2n) is 5.37. The van der Waals surface area contributed by atoms with Gasteiger partial charge in [0.1, 0.15) is 17.0 Å². The normalized spacial score (nSPS) is 15.2. The Balaban J connectivity index is 2.12. The molecule has 1 fully saturated rings. The van der Waals surface area contributed by atoms with Gasteiger partial charge in [0, 0.05) is 19.3 Å². The molecule has 0 radical (unpaired) electrons. The number of rotatable bonds is 3. The molecule has 2 aromatic rings. The Hall–Kier alpha value is -2.90. The number of hydrazone groups is 1. The highest BCUT2D eigenvalue weighted by Gasteiger charge is 2.19. The van der Waals surface area contributed by atoms with Gasteiger partial charge in [-0.25, -0.2) is 15.2 Å². The Morgan fingerprint density at radius 3 is 2.83 bits per heavy atom. The van der Waals surface area contributed by atoms with E-state index in [0.29, 0.717) is 17.0 Å². The Morgan fingerprint density at radius 1 is 1.30 bits per heavy atom. The van der Waals surface area contributed by atoms with Crippen molar-refractivity contribution in [3.05, 3.63) is 40.3 Å². The average Bonchev–Trinajstić information content (AvgIpc) is 2.57.